The molecule has 0 radical (unpaired) electrons. The fourth-order valence-electron chi connectivity index (χ4n) is 6.26. The van der Waals surface area contributed by atoms with E-state index in [1.54, 1.807) is 0 Å². The standard InChI is InChI=1S/C39H24N4S/c1-3-11-25(12-4-1)31-21-27(22-32(42-31)26-13-5-2-6-14-26)33-23-41-37(24-40-33)43-34-17-9-7-16-30(34)38-35(43)20-19-29-28-15-8-10-18-36(28)44-39(29)38/h1-24H. The molecular weight excluding hydrogens is 557 g/mol. The Kier molecular flexibility index (Phi) is 5.64. The molecule has 9 aromatic rings. The summed E-state index contributed by atoms with van der Waals surface area (Å²) in [5.74, 6) is 0.793. The Morgan fingerprint density at radius 2 is 1.14 bits per heavy atom. The van der Waals surface area contributed by atoms with E-state index in [9.17, 15) is 0 Å². The molecule has 5 heteroatoms. The van der Waals surface area contributed by atoms with Gasteiger partial charge in [0.2, 0.25) is 0 Å². The molecule has 0 N–H and O–H groups in total. The van der Waals surface area contributed by atoms with Gasteiger partial charge in [0.25, 0.3) is 0 Å². The number of benzene rings is 5. The highest BCUT2D eigenvalue weighted by Gasteiger charge is 2.18. The van der Waals surface area contributed by atoms with E-state index in [1.165, 1.54) is 30.9 Å². The van der Waals surface area contributed by atoms with E-state index in [-0.39, 0.29) is 0 Å². The van der Waals surface area contributed by atoms with Gasteiger partial charge in [-0.15, -0.1) is 11.3 Å². The third kappa shape index (κ3) is 3.94. The minimum absolute atomic E-state index is 0.793. The van der Waals surface area contributed by atoms with Crippen LogP contribution in [0.2, 0.25) is 0 Å². The number of hydrogen-bond acceptors (Lipinski definition) is 4. The molecule has 0 spiro atoms. The Bertz CT molecular complexity index is 2420. The summed E-state index contributed by atoms with van der Waals surface area (Å²) >= 11 is 1.86. The molecule has 0 amide bonds. The van der Waals surface area contributed by atoms with Gasteiger partial charge in [0.1, 0.15) is 0 Å². The average molecular weight is 581 g/mol. The minimum Gasteiger partial charge on any atom is -0.292 e. The van der Waals surface area contributed by atoms with Gasteiger partial charge in [-0.3, -0.25) is 9.55 Å². The molecule has 206 valence electrons. The van der Waals surface area contributed by atoms with Crippen molar-refractivity contribution in [2.24, 2.45) is 0 Å². The smallest absolute Gasteiger partial charge is 0.156 e. The number of rotatable bonds is 4. The Balaban J connectivity index is 1.21. The first-order valence-corrected chi connectivity index (χ1v) is 15.4. The first-order chi connectivity index (χ1) is 21.8. The molecule has 0 aliphatic rings. The SMILES string of the molecule is c1ccc(-c2cc(-c3cnc(-n4c5ccccc5c5c6sc7ccccc7c6ccc54)cn3)cc(-c3ccccc3)n2)cc1. The largest absolute Gasteiger partial charge is 0.292 e. The van der Waals surface area contributed by atoms with E-state index in [2.05, 4.69) is 102 Å². The summed E-state index contributed by atoms with van der Waals surface area (Å²) in [5, 5.41) is 5.08. The predicted molar refractivity (Wildman–Crippen MR) is 183 cm³/mol. The van der Waals surface area contributed by atoms with Crippen molar-refractivity contribution in [3.05, 3.63) is 146 Å². The van der Waals surface area contributed by atoms with Crippen LogP contribution in [0, 0.1) is 0 Å². The van der Waals surface area contributed by atoms with Gasteiger partial charge >= 0.3 is 0 Å². The van der Waals surface area contributed by atoms with Crippen molar-refractivity contribution in [1.29, 1.82) is 0 Å². The molecule has 4 aromatic heterocycles. The third-order valence-corrected chi connectivity index (χ3v) is 9.51. The van der Waals surface area contributed by atoms with Gasteiger partial charge in [0.05, 0.1) is 40.5 Å². The predicted octanol–water partition coefficient (Wildman–Crippen LogP) is 10.3. The molecule has 0 aliphatic heterocycles. The molecule has 0 aliphatic carbocycles. The lowest BCUT2D eigenvalue weighted by molar-refractivity contribution is 1.04. The minimum atomic E-state index is 0.793. The van der Waals surface area contributed by atoms with Crippen molar-refractivity contribution in [2.45, 2.75) is 0 Å². The van der Waals surface area contributed by atoms with E-state index >= 15 is 0 Å². The fraction of sp³-hybridized carbons (Fsp3) is 0. The van der Waals surface area contributed by atoms with Crippen LogP contribution in [0.15, 0.2) is 146 Å². The van der Waals surface area contributed by atoms with Crippen LogP contribution in [-0.2, 0) is 0 Å². The summed E-state index contributed by atoms with van der Waals surface area (Å²) < 4.78 is 4.85. The molecule has 44 heavy (non-hydrogen) atoms. The second kappa shape index (κ2) is 9.97. The maximum atomic E-state index is 5.02. The zero-order chi connectivity index (χ0) is 29.0. The summed E-state index contributed by atoms with van der Waals surface area (Å²) in [7, 11) is 0. The monoisotopic (exact) mass is 580 g/mol. The summed E-state index contributed by atoms with van der Waals surface area (Å²) in [6.07, 6.45) is 3.77. The third-order valence-electron chi connectivity index (χ3n) is 8.31. The normalized spacial score (nSPS) is 11.6. The van der Waals surface area contributed by atoms with E-state index < -0.39 is 0 Å². The molecule has 0 fully saturated rings. The number of fused-ring (bicyclic) bond motifs is 7. The van der Waals surface area contributed by atoms with Crippen molar-refractivity contribution in [3.63, 3.8) is 0 Å². The van der Waals surface area contributed by atoms with Crippen LogP contribution in [0.3, 0.4) is 0 Å². The number of para-hydroxylation sites is 1. The van der Waals surface area contributed by atoms with Crippen LogP contribution >= 0.6 is 11.3 Å². The highest BCUT2D eigenvalue weighted by molar-refractivity contribution is 7.26. The molecular formula is C39H24N4S. The zero-order valence-electron chi connectivity index (χ0n) is 23.6. The molecule has 0 saturated heterocycles. The first kappa shape index (κ1) is 24.9. The molecule has 9 rings (SSSR count). The van der Waals surface area contributed by atoms with Crippen LogP contribution in [0.5, 0.6) is 0 Å². The Morgan fingerprint density at radius 1 is 0.477 bits per heavy atom. The first-order valence-electron chi connectivity index (χ1n) is 14.6. The van der Waals surface area contributed by atoms with Gasteiger partial charge in [-0.2, -0.15) is 0 Å². The second-order valence-electron chi connectivity index (χ2n) is 10.9. The van der Waals surface area contributed by atoms with Crippen LogP contribution in [0.1, 0.15) is 0 Å². The molecule has 4 nitrogen and oxygen atoms in total. The van der Waals surface area contributed by atoms with Crippen LogP contribution in [0.4, 0.5) is 0 Å². The summed E-state index contributed by atoms with van der Waals surface area (Å²) in [4.78, 5) is 15.0. The molecule has 0 bridgehead atoms. The maximum Gasteiger partial charge on any atom is 0.156 e. The van der Waals surface area contributed by atoms with Gasteiger partial charge in [-0.25, -0.2) is 9.97 Å². The zero-order valence-corrected chi connectivity index (χ0v) is 24.4. The van der Waals surface area contributed by atoms with Gasteiger partial charge in [0, 0.05) is 47.6 Å². The molecule has 0 saturated carbocycles. The Labute approximate surface area is 257 Å². The van der Waals surface area contributed by atoms with Gasteiger partial charge in [0.15, 0.2) is 5.82 Å². The topological polar surface area (TPSA) is 43.6 Å². The number of pyridine rings is 1. The van der Waals surface area contributed by atoms with Crippen LogP contribution < -0.4 is 0 Å². The van der Waals surface area contributed by atoms with Gasteiger partial charge in [-0.1, -0.05) is 103 Å². The lowest BCUT2D eigenvalue weighted by Crippen LogP contribution is -1.99. The van der Waals surface area contributed by atoms with Gasteiger partial charge in [-0.05, 0) is 30.3 Å². The van der Waals surface area contributed by atoms with E-state index in [4.69, 9.17) is 15.0 Å². The maximum absolute atomic E-state index is 5.02. The van der Waals surface area contributed by atoms with E-state index in [0.29, 0.717) is 0 Å². The summed E-state index contributed by atoms with van der Waals surface area (Å²) in [6.45, 7) is 0. The van der Waals surface area contributed by atoms with Gasteiger partial charge < -0.3 is 0 Å². The second-order valence-corrected chi connectivity index (χ2v) is 12.0. The quantitative estimate of drug-likeness (QED) is 0.208. The molecule has 5 aromatic carbocycles. The average Bonchev–Trinajstić information content (AvgIpc) is 3.65. The lowest BCUT2D eigenvalue weighted by atomic mass is 10.0. The highest BCUT2D eigenvalue weighted by Crippen LogP contribution is 2.43. The van der Waals surface area contributed by atoms with Crippen molar-refractivity contribution in [2.75, 3.05) is 0 Å². The lowest BCUT2D eigenvalue weighted by Gasteiger charge is -2.11. The van der Waals surface area contributed by atoms with Crippen molar-refractivity contribution >= 4 is 53.3 Å². The molecule has 4 heterocycles. The fourth-order valence-corrected chi connectivity index (χ4v) is 7.52. The number of thiophene rings is 1. The van der Waals surface area contributed by atoms with Crippen molar-refractivity contribution in [1.82, 2.24) is 19.5 Å². The van der Waals surface area contributed by atoms with Crippen molar-refractivity contribution < 1.29 is 0 Å². The molecule has 0 atom stereocenters. The number of aromatic nitrogens is 4. The van der Waals surface area contributed by atoms with Crippen LogP contribution in [-0.4, -0.2) is 19.5 Å². The summed E-state index contributed by atoms with van der Waals surface area (Å²) in [6, 6.07) is 46.5. The van der Waals surface area contributed by atoms with Crippen molar-refractivity contribution in [3.8, 4) is 39.6 Å². The Hall–Kier alpha value is -5.65. The molecule has 0 unspecified atom stereocenters. The van der Waals surface area contributed by atoms with E-state index in [1.807, 2.05) is 60.1 Å². The highest BCUT2D eigenvalue weighted by atomic mass is 32.1. The number of nitrogens with zero attached hydrogens (tertiary/aromatic N) is 4. The van der Waals surface area contributed by atoms with E-state index in [0.717, 1.165) is 50.6 Å². The van der Waals surface area contributed by atoms with Crippen LogP contribution in [0.25, 0.3) is 81.6 Å². The summed E-state index contributed by atoms with van der Waals surface area (Å²) in [5.41, 5.74) is 7.97. The Morgan fingerprint density at radius 3 is 1.84 bits per heavy atom. The number of hydrogen-bond donors (Lipinski definition) is 0.